The fourth-order valence-corrected chi connectivity index (χ4v) is 3.54. The molecule has 3 heterocycles. The van der Waals surface area contributed by atoms with Crippen molar-refractivity contribution >= 4 is 23.4 Å². The topological polar surface area (TPSA) is 56.5 Å². The Balaban J connectivity index is 2.05. The minimum atomic E-state index is -0.372. The molecule has 0 aromatic carbocycles. The molecule has 19 heavy (non-hydrogen) atoms. The molecule has 3 rings (SSSR count). The highest BCUT2D eigenvalue weighted by molar-refractivity contribution is 7.99. The second kappa shape index (κ2) is 5.21. The minimum absolute atomic E-state index is 0.372. The van der Waals surface area contributed by atoms with Crippen LogP contribution in [-0.4, -0.2) is 39.2 Å². The van der Waals surface area contributed by atoms with Crippen molar-refractivity contribution in [2.45, 2.75) is 18.8 Å². The van der Waals surface area contributed by atoms with Crippen molar-refractivity contribution in [3.8, 4) is 0 Å². The van der Waals surface area contributed by atoms with E-state index < -0.39 is 0 Å². The molecule has 1 fully saturated rings. The number of carbonyl (C=O) groups is 1. The first-order valence-electron chi connectivity index (χ1n) is 6.31. The molecular weight excluding hydrogens is 262 g/mol. The summed E-state index contributed by atoms with van der Waals surface area (Å²) in [5.41, 5.74) is 1.05. The van der Waals surface area contributed by atoms with Gasteiger partial charge in [0.2, 0.25) is 0 Å². The van der Waals surface area contributed by atoms with Gasteiger partial charge in [0.1, 0.15) is 11.4 Å². The van der Waals surface area contributed by atoms with Gasteiger partial charge >= 0.3 is 5.97 Å². The molecule has 0 amide bonds. The lowest BCUT2D eigenvalue weighted by Crippen LogP contribution is -2.12. The van der Waals surface area contributed by atoms with Gasteiger partial charge in [-0.15, -0.1) is 10.2 Å². The third-order valence-electron chi connectivity index (χ3n) is 3.45. The largest absolute Gasteiger partial charge is 0.465 e. The molecule has 1 aliphatic heterocycles. The zero-order chi connectivity index (χ0) is 13.2. The molecule has 0 atom stereocenters. The molecule has 0 spiro atoms. The van der Waals surface area contributed by atoms with Gasteiger partial charge in [-0.3, -0.25) is 4.40 Å². The number of hydrogen-bond acceptors (Lipinski definition) is 5. The van der Waals surface area contributed by atoms with Gasteiger partial charge in [-0.05, 0) is 36.5 Å². The summed E-state index contributed by atoms with van der Waals surface area (Å²) in [6.07, 6.45) is 4.15. The van der Waals surface area contributed by atoms with E-state index in [1.807, 2.05) is 28.4 Å². The van der Waals surface area contributed by atoms with Gasteiger partial charge in [0.05, 0.1) is 7.11 Å². The van der Waals surface area contributed by atoms with E-state index in [1.165, 1.54) is 7.11 Å². The summed E-state index contributed by atoms with van der Waals surface area (Å²) >= 11 is 1.98. The van der Waals surface area contributed by atoms with Gasteiger partial charge in [0, 0.05) is 12.1 Å². The Morgan fingerprint density at radius 2 is 2.21 bits per heavy atom. The fourth-order valence-electron chi connectivity index (χ4n) is 2.44. The number of aromatic nitrogens is 3. The maximum absolute atomic E-state index is 11.7. The van der Waals surface area contributed by atoms with Crippen LogP contribution in [0.15, 0.2) is 18.3 Å². The van der Waals surface area contributed by atoms with Gasteiger partial charge < -0.3 is 4.74 Å². The summed E-state index contributed by atoms with van der Waals surface area (Å²) in [5, 5.41) is 8.46. The van der Waals surface area contributed by atoms with Gasteiger partial charge in [-0.25, -0.2) is 4.79 Å². The van der Waals surface area contributed by atoms with E-state index in [0.717, 1.165) is 30.2 Å². The molecular formula is C13H15N3O2S. The molecule has 1 saturated heterocycles. The van der Waals surface area contributed by atoms with Crippen molar-refractivity contribution < 1.29 is 9.53 Å². The predicted molar refractivity (Wildman–Crippen MR) is 73.6 cm³/mol. The Bertz CT molecular complexity index is 605. The lowest BCUT2D eigenvalue weighted by atomic mass is 10.0. The van der Waals surface area contributed by atoms with Gasteiger partial charge in [-0.2, -0.15) is 11.8 Å². The average molecular weight is 277 g/mol. The van der Waals surface area contributed by atoms with Crippen LogP contribution < -0.4 is 0 Å². The predicted octanol–water partition coefficient (Wildman–Crippen LogP) is 2.13. The Morgan fingerprint density at radius 3 is 2.95 bits per heavy atom. The van der Waals surface area contributed by atoms with Crippen molar-refractivity contribution in [2.75, 3.05) is 18.6 Å². The van der Waals surface area contributed by atoms with Crippen LogP contribution in [0.4, 0.5) is 0 Å². The molecule has 100 valence electrons. The summed E-state index contributed by atoms with van der Waals surface area (Å²) < 4.78 is 6.70. The lowest BCUT2D eigenvalue weighted by molar-refractivity contribution is 0.0602. The van der Waals surface area contributed by atoms with E-state index in [2.05, 4.69) is 10.2 Å². The van der Waals surface area contributed by atoms with E-state index in [0.29, 0.717) is 17.1 Å². The van der Waals surface area contributed by atoms with Crippen LogP contribution in [0.25, 0.3) is 5.65 Å². The van der Waals surface area contributed by atoms with E-state index in [4.69, 9.17) is 4.74 Å². The second-order valence-corrected chi connectivity index (χ2v) is 5.78. The molecule has 0 radical (unpaired) electrons. The van der Waals surface area contributed by atoms with Crippen LogP contribution in [0.1, 0.15) is 34.9 Å². The Morgan fingerprint density at radius 1 is 1.42 bits per heavy atom. The molecule has 0 saturated carbocycles. The SMILES string of the molecule is COC(=O)c1cccn2c(C3CCSCC3)nnc12. The molecule has 0 bridgehead atoms. The molecule has 6 heteroatoms. The first kappa shape index (κ1) is 12.5. The number of pyridine rings is 1. The van der Waals surface area contributed by atoms with Gasteiger partial charge in [0.15, 0.2) is 5.65 Å². The molecule has 0 N–H and O–H groups in total. The average Bonchev–Trinajstić information content (AvgIpc) is 2.91. The Kier molecular flexibility index (Phi) is 3.42. The minimum Gasteiger partial charge on any atom is -0.465 e. The Labute approximate surface area is 115 Å². The van der Waals surface area contributed by atoms with Crippen LogP contribution >= 0.6 is 11.8 Å². The third kappa shape index (κ3) is 2.20. The number of rotatable bonds is 2. The van der Waals surface area contributed by atoms with Crippen molar-refractivity contribution in [3.05, 3.63) is 29.7 Å². The van der Waals surface area contributed by atoms with Crippen molar-refractivity contribution in [2.24, 2.45) is 0 Å². The highest BCUT2D eigenvalue weighted by Crippen LogP contribution is 2.30. The second-order valence-electron chi connectivity index (χ2n) is 4.55. The molecule has 1 aliphatic rings. The quantitative estimate of drug-likeness (QED) is 0.787. The number of methoxy groups -OCH3 is 1. The molecule has 2 aromatic heterocycles. The first-order chi connectivity index (χ1) is 9.31. The van der Waals surface area contributed by atoms with E-state index in [9.17, 15) is 4.79 Å². The molecule has 2 aromatic rings. The normalized spacial score (nSPS) is 16.7. The number of fused-ring (bicyclic) bond motifs is 1. The maximum atomic E-state index is 11.7. The fraction of sp³-hybridized carbons (Fsp3) is 0.462. The maximum Gasteiger partial charge on any atom is 0.341 e. The molecule has 0 aliphatic carbocycles. The number of thioether (sulfide) groups is 1. The van der Waals surface area contributed by atoms with E-state index in [-0.39, 0.29) is 5.97 Å². The summed E-state index contributed by atoms with van der Waals surface area (Å²) in [6.45, 7) is 0. The third-order valence-corrected chi connectivity index (χ3v) is 4.50. The zero-order valence-corrected chi connectivity index (χ0v) is 11.5. The lowest BCUT2D eigenvalue weighted by Gasteiger charge is -2.19. The van der Waals surface area contributed by atoms with Crippen LogP contribution in [0.2, 0.25) is 0 Å². The van der Waals surface area contributed by atoms with Gasteiger partial charge in [0.25, 0.3) is 0 Å². The number of ether oxygens (including phenoxy) is 1. The number of esters is 1. The summed E-state index contributed by atoms with van der Waals surface area (Å²) in [6, 6.07) is 3.56. The van der Waals surface area contributed by atoms with E-state index >= 15 is 0 Å². The first-order valence-corrected chi connectivity index (χ1v) is 7.46. The monoisotopic (exact) mass is 277 g/mol. The zero-order valence-electron chi connectivity index (χ0n) is 10.7. The summed E-state index contributed by atoms with van der Waals surface area (Å²) in [5.74, 6) is 3.35. The highest BCUT2D eigenvalue weighted by Gasteiger charge is 2.23. The van der Waals surface area contributed by atoms with Crippen LogP contribution in [0, 0.1) is 0 Å². The van der Waals surface area contributed by atoms with Crippen molar-refractivity contribution in [1.82, 2.24) is 14.6 Å². The smallest absolute Gasteiger partial charge is 0.341 e. The van der Waals surface area contributed by atoms with E-state index in [1.54, 1.807) is 6.07 Å². The summed E-state index contributed by atoms with van der Waals surface area (Å²) in [7, 11) is 1.38. The summed E-state index contributed by atoms with van der Waals surface area (Å²) in [4.78, 5) is 11.7. The van der Waals surface area contributed by atoms with Crippen LogP contribution in [0.3, 0.4) is 0 Å². The van der Waals surface area contributed by atoms with Crippen molar-refractivity contribution in [3.63, 3.8) is 0 Å². The van der Waals surface area contributed by atoms with Crippen LogP contribution in [-0.2, 0) is 4.74 Å². The number of nitrogens with zero attached hydrogens (tertiary/aromatic N) is 3. The Hall–Kier alpha value is -1.56. The molecule has 5 nitrogen and oxygen atoms in total. The van der Waals surface area contributed by atoms with Crippen LogP contribution in [0.5, 0.6) is 0 Å². The highest BCUT2D eigenvalue weighted by atomic mass is 32.2. The number of carbonyl (C=O) groups excluding carboxylic acids is 1. The number of hydrogen-bond donors (Lipinski definition) is 0. The molecule has 0 unspecified atom stereocenters. The van der Waals surface area contributed by atoms with Crippen molar-refractivity contribution in [1.29, 1.82) is 0 Å². The van der Waals surface area contributed by atoms with Gasteiger partial charge in [-0.1, -0.05) is 0 Å². The standard InChI is InChI=1S/C13H15N3O2S/c1-18-13(17)10-3-2-6-16-11(14-15-12(10)16)9-4-7-19-8-5-9/h2-3,6,9H,4-5,7-8H2,1H3.